The van der Waals surface area contributed by atoms with Crippen LogP contribution in [0.1, 0.15) is 38.3 Å². The monoisotopic (exact) mass is 591 g/mol. The zero-order valence-electron chi connectivity index (χ0n) is 21.8. The fraction of sp³-hybridized carbons (Fsp3) is 0.480. The van der Waals surface area contributed by atoms with Crippen molar-refractivity contribution < 1.29 is 21.6 Å². The highest BCUT2D eigenvalue weighted by molar-refractivity contribution is 7.89. The molecule has 1 N–H and O–H groups in total. The fourth-order valence-corrected chi connectivity index (χ4v) is 6.08. The summed E-state index contributed by atoms with van der Waals surface area (Å²) in [5.41, 5.74) is 1.04. The highest BCUT2D eigenvalue weighted by Crippen LogP contribution is 2.39. The molecule has 3 rings (SSSR count). The standard InChI is InChI=1S/C25H33Cl2F2N3O3SSi/c1-17-10-12-19(13-11-17)36(33,34)31-30-23(22-20(26)8-7-9-21(22)27)32-16-25(28,29)14-18(32)15-35-37(5,6)24(2,3)4/h7-13,18,31H,14-16H2,1-6H3/b30-23+/t18-/m1/s1. The summed E-state index contributed by atoms with van der Waals surface area (Å²) in [5, 5.41) is 4.32. The number of aryl methyl sites for hydroxylation is 1. The zero-order valence-corrected chi connectivity index (χ0v) is 25.1. The van der Waals surface area contributed by atoms with Gasteiger partial charge in [-0.2, -0.15) is 13.2 Å². The number of nitrogens with one attached hydrogen (secondary N) is 1. The first-order valence-electron chi connectivity index (χ1n) is 11.8. The number of alkyl halides is 2. The summed E-state index contributed by atoms with van der Waals surface area (Å²) < 4.78 is 61.8. The molecule has 6 nitrogen and oxygen atoms in total. The number of rotatable bonds is 7. The van der Waals surface area contributed by atoms with Crippen LogP contribution in [0.25, 0.3) is 0 Å². The minimum Gasteiger partial charge on any atom is -0.415 e. The summed E-state index contributed by atoms with van der Waals surface area (Å²) >= 11 is 12.9. The first kappa shape index (κ1) is 29.8. The molecule has 204 valence electrons. The first-order valence-corrected chi connectivity index (χ1v) is 17.0. The summed E-state index contributed by atoms with van der Waals surface area (Å²) in [4.78, 5) is 3.52. The third-order valence-corrected chi connectivity index (χ3v) is 13.2. The maximum absolute atomic E-state index is 14.8. The Hall–Kier alpha value is -1.72. The van der Waals surface area contributed by atoms with Crippen LogP contribution in [-0.4, -0.2) is 52.6 Å². The van der Waals surface area contributed by atoms with Crippen LogP contribution in [0.3, 0.4) is 0 Å². The minimum atomic E-state index is -4.10. The Kier molecular flexibility index (Phi) is 8.71. The van der Waals surface area contributed by atoms with Gasteiger partial charge in [0.15, 0.2) is 14.2 Å². The summed E-state index contributed by atoms with van der Waals surface area (Å²) in [6.45, 7) is 11.5. The first-order chi connectivity index (χ1) is 16.9. The summed E-state index contributed by atoms with van der Waals surface area (Å²) in [6.07, 6.45) is -0.479. The van der Waals surface area contributed by atoms with Crippen LogP contribution in [0.5, 0.6) is 0 Å². The van der Waals surface area contributed by atoms with E-state index in [-0.39, 0.29) is 38.0 Å². The van der Waals surface area contributed by atoms with E-state index in [2.05, 4.69) is 30.7 Å². The van der Waals surface area contributed by atoms with E-state index >= 15 is 0 Å². The van der Waals surface area contributed by atoms with Crippen LogP contribution in [-0.2, 0) is 14.4 Å². The molecule has 12 heteroatoms. The Bertz CT molecular complexity index is 1250. The fourth-order valence-electron chi connectivity index (χ4n) is 3.66. The molecule has 0 saturated carbocycles. The summed E-state index contributed by atoms with van der Waals surface area (Å²) in [5.74, 6) is -3.14. The van der Waals surface area contributed by atoms with Gasteiger partial charge in [-0.1, -0.05) is 67.7 Å². The molecule has 1 saturated heterocycles. The van der Waals surface area contributed by atoms with Gasteiger partial charge in [-0.3, -0.25) is 0 Å². The Labute approximate surface area is 229 Å². The number of halogens is 4. The Balaban J connectivity index is 2.04. The van der Waals surface area contributed by atoms with E-state index in [1.807, 2.05) is 20.0 Å². The predicted molar refractivity (Wildman–Crippen MR) is 148 cm³/mol. The van der Waals surface area contributed by atoms with Crippen molar-refractivity contribution in [3.8, 4) is 0 Å². The van der Waals surface area contributed by atoms with E-state index in [0.29, 0.717) is 0 Å². The molecule has 1 fully saturated rings. The molecule has 0 spiro atoms. The second-order valence-corrected chi connectivity index (χ2v) is 18.1. The Morgan fingerprint density at radius 1 is 1.16 bits per heavy atom. The second-order valence-electron chi connectivity index (χ2n) is 10.9. The molecule has 0 bridgehead atoms. The zero-order chi connectivity index (χ0) is 27.8. The largest absolute Gasteiger partial charge is 0.415 e. The van der Waals surface area contributed by atoms with Gasteiger partial charge in [0.1, 0.15) is 0 Å². The Morgan fingerprint density at radius 2 is 1.73 bits per heavy atom. The van der Waals surface area contributed by atoms with Gasteiger partial charge in [0.25, 0.3) is 15.9 Å². The predicted octanol–water partition coefficient (Wildman–Crippen LogP) is 6.67. The summed E-state index contributed by atoms with van der Waals surface area (Å²) in [7, 11) is -6.36. The third kappa shape index (κ3) is 7.03. The van der Waals surface area contributed by atoms with E-state index in [0.717, 1.165) is 5.56 Å². The molecule has 0 aromatic heterocycles. The van der Waals surface area contributed by atoms with Gasteiger partial charge in [0.05, 0.1) is 39.7 Å². The van der Waals surface area contributed by atoms with Crippen LogP contribution < -0.4 is 4.83 Å². The maximum Gasteiger partial charge on any atom is 0.276 e. The molecule has 1 atom stereocenters. The number of hydrogen-bond acceptors (Lipinski definition) is 4. The van der Waals surface area contributed by atoms with Crippen molar-refractivity contribution in [3.05, 3.63) is 63.6 Å². The average molecular weight is 593 g/mol. The highest BCUT2D eigenvalue weighted by atomic mass is 35.5. The SMILES string of the molecule is Cc1ccc(S(=O)(=O)N/N=C(\c2c(Cl)cccc2Cl)N2CC(F)(F)C[C@@H]2CO[Si](C)(C)C(C)(C)C)cc1. The van der Waals surface area contributed by atoms with Crippen molar-refractivity contribution in [2.45, 2.75) is 69.1 Å². The van der Waals surface area contributed by atoms with E-state index in [4.69, 9.17) is 27.6 Å². The molecule has 1 heterocycles. The Morgan fingerprint density at radius 3 is 2.27 bits per heavy atom. The van der Waals surface area contributed by atoms with Gasteiger partial charge in [-0.15, -0.1) is 5.10 Å². The van der Waals surface area contributed by atoms with Gasteiger partial charge in [0.2, 0.25) is 0 Å². The molecule has 37 heavy (non-hydrogen) atoms. The van der Waals surface area contributed by atoms with Crippen molar-refractivity contribution in [1.29, 1.82) is 0 Å². The van der Waals surface area contributed by atoms with E-state index in [1.165, 1.54) is 17.0 Å². The lowest BCUT2D eigenvalue weighted by atomic mass is 10.1. The van der Waals surface area contributed by atoms with Crippen molar-refractivity contribution in [3.63, 3.8) is 0 Å². The van der Waals surface area contributed by atoms with Gasteiger partial charge in [0, 0.05) is 6.42 Å². The smallest absolute Gasteiger partial charge is 0.276 e. The van der Waals surface area contributed by atoms with Gasteiger partial charge >= 0.3 is 0 Å². The lowest BCUT2D eigenvalue weighted by molar-refractivity contribution is 0.0157. The minimum absolute atomic E-state index is 0.0176. The molecule has 1 aliphatic heterocycles. The number of hydrogen-bond donors (Lipinski definition) is 1. The van der Waals surface area contributed by atoms with Crippen molar-refractivity contribution in [2.75, 3.05) is 13.2 Å². The number of nitrogens with zero attached hydrogens (tertiary/aromatic N) is 2. The quantitative estimate of drug-likeness (QED) is 0.169. The van der Waals surface area contributed by atoms with Crippen LogP contribution >= 0.6 is 23.2 Å². The number of hydrazone groups is 1. The number of benzene rings is 2. The van der Waals surface area contributed by atoms with Crippen molar-refractivity contribution in [1.82, 2.24) is 9.73 Å². The van der Waals surface area contributed by atoms with Gasteiger partial charge < -0.3 is 9.33 Å². The van der Waals surface area contributed by atoms with E-state index in [9.17, 15) is 17.2 Å². The number of sulfonamides is 1. The van der Waals surface area contributed by atoms with Gasteiger partial charge in [-0.05, 0) is 49.3 Å². The van der Waals surface area contributed by atoms with Crippen molar-refractivity contribution in [2.24, 2.45) is 5.10 Å². The molecule has 2 aromatic rings. The van der Waals surface area contributed by atoms with Crippen LogP contribution in [0.4, 0.5) is 8.78 Å². The van der Waals surface area contributed by atoms with Gasteiger partial charge in [-0.25, -0.2) is 8.78 Å². The summed E-state index contributed by atoms with van der Waals surface area (Å²) in [6, 6.07) is 10.1. The topological polar surface area (TPSA) is 71.0 Å². The lowest BCUT2D eigenvalue weighted by Gasteiger charge is -2.38. The molecule has 0 amide bonds. The normalized spacial score (nSPS) is 18.8. The van der Waals surface area contributed by atoms with Crippen LogP contribution in [0.2, 0.25) is 28.2 Å². The third-order valence-electron chi connectivity index (χ3n) is 6.88. The van der Waals surface area contributed by atoms with Crippen LogP contribution in [0, 0.1) is 6.92 Å². The molecule has 1 aliphatic rings. The number of likely N-dealkylation sites (tertiary alicyclic amines) is 1. The molecule has 0 aliphatic carbocycles. The van der Waals surface area contributed by atoms with Crippen molar-refractivity contribution >= 4 is 47.4 Å². The van der Waals surface area contributed by atoms with E-state index in [1.54, 1.807) is 30.3 Å². The van der Waals surface area contributed by atoms with Crippen LogP contribution in [0.15, 0.2) is 52.5 Å². The molecular formula is C25H33Cl2F2N3O3SSi. The second kappa shape index (κ2) is 10.8. The number of amidine groups is 1. The maximum atomic E-state index is 14.8. The lowest BCUT2D eigenvalue weighted by Crippen LogP contribution is -2.46. The average Bonchev–Trinajstić information content (AvgIpc) is 3.08. The highest BCUT2D eigenvalue weighted by Gasteiger charge is 2.48. The molecule has 0 unspecified atom stereocenters. The molecular weight excluding hydrogens is 559 g/mol. The van der Waals surface area contributed by atoms with E-state index < -0.39 is 43.3 Å². The molecule has 0 radical (unpaired) electrons. The molecule has 2 aromatic carbocycles.